The lowest BCUT2D eigenvalue weighted by atomic mass is 10.1. The second-order valence-electron chi connectivity index (χ2n) is 3.00. The normalized spacial score (nSPS) is 10.3. The summed E-state index contributed by atoms with van der Waals surface area (Å²) in [5.74, 6) is 0.200. The number of carbonyl (C=O) groups is 1. The number of hydrogen-bond donors (Lipinski definition) is 1. The molecule has 0 aliphatic rings. The van der Waals surface area contributed by atoms with Crippen molar-refractivity contribution in [3.63, 3.8) is 0 Å². The van der Waals surface area contributed by atoms with Crippen molar-refractivity contribution < 1.29 is 14.3 Å². The molecule has 0 saturated heterocycles. The number of fused-ring (bicyclic) bond motifs is 1. The summed E-state index contributed by atoms with van der Waals surface area (Å²) in [7, 11) is 2.88. The predicted octanol–water partition coefficient (Wildman–Crippen LogP) is 1.36. The average molecular weight is 206 g/mol. The zero-order valence-electron chi connectivity index (χ0n) is 8.40. The van der Waals surface area contributed by atoms with Crippen LogP contribution in [0.15, 0.2) is 18.3 Å². The van der Waals surface area contributed by atoms with Crippen LogP contribution >= 0.6 is 0 Å². The van der Waals surface area contributed by atoms with Gasteiger partial charge in [0.2, 0.25) is 0 Å². The van der Waals surface area contributed by atoms with Crippen LogP contribution in [0.3, 0.4) is 0 Å². The number of H-pyrrole nitrogens is 1. The summed E-state index contributed by atoms with van der Waals surface area (Å²) < 4.78 is 9.79. The van der Waals surface area contributed by atoms with Crippen LogP contribution in [0.4, 0.5) is 0 Å². The Bertz CT molecular complexity index is 504. The monoisotopic (exact) mass is 206 g/mol. The number of ether oxygens (including phenoxy) is 2. The number of hydrogen-bond acceptors (Lipinski definition) is 4. The fraction of sp³-hybridized carbons (Fsp3) is 0.200. The van der Waals surface area contributed by atoms with Crippen LogP contribution in [0.5, 0.6) is 5.75 Å². The lowest BCUT2D eigenvalue weighted by molar-refractivity contribution is 0.0600. The molecule has 1 aromatic carbocycles. The second kappa shape index (κ2) is 3.61. The third-order valence-electron chi connectivity index (χ3n) is 2.16. The van der Waals surface area contributed by atoms with Crippen molar-refractivity contribution in [3.05, 3.63) is 23.9 Å². The van der Waals surface area contributed by atoms with Gasteiger partial charge in [-0.05, 0) is 12.1 Å². The van der Waals surface area contributed by atoms with Gasteiger partial charge in [-0.15, -0.1) is 0 Å². The molecule has 0 aliphatic carbocycles. The number of esters is 1. The van der Waals surface area contributed by atoms with Crippen LogP contribution < -0.4 is 4.74 Å². The van der Waals surface area contributed by atoms with E-state index in [4.69, 9.17) is 4.74 Å². The minimum atomic E-state index is -0.398. The number of aromatic amines is 1. The van der Waals surface area contributed by atoms with E-state index in [0.29, 0.717) is 11.3 Å². The predicted molar refractivity (Wildman–Crippen MR) is 54.0 cm³/mol. The minimum absolute atomic E-state index is 0.398. The van der Waals surface area contributed by atoms with E-state index in [1.165, 1.54) is 7.11 Å². The van der Waals surface area contributed by atoms with Gasteiger partial charge in [-0.25, -0.2) is 4.79 Å². The van der Waals surface area contributed by atoms with E-state index in [1.807, 2.05) is 0 Å². The second-order valence-corrected chi connectivity index (χ2v) is 3.00. The van der Waals surface area contributed by atoms with E-state index >= 15 is 0 Å². The zero-order valence-corrected chi connectivity index (χ0v) is 8.40. The number of benzene rings is 1. The van der Waals surface area contributed by atoms with Gasteiger partial charge in [0.25, 0.3) is 0 Å². The highest BCUT2D eigenvalue weighted by Gasteiger charge is 2.11. The van der Waals surface area contributed by atoms with Crippen molar-refractivity contribution in [2.24, 2.45) is 0 Å². The van der Waals surface area contributed by atoms with E-state index < -0.39 is 5.97 Å². The van der Waals surface area contributed by atoms with Crippen LogP contribution in [-0.2, 0) is 4.74 Å². The molecule has 0 saturated carbocycles. The maximum absolute atomic E-state index is 11.3. The first-order valence-corrected chi connectivity index (χ1v) is 4.35. The maximum Gasteiger partial charge on any atom is 0.338 e. The molecule has 0 unspecified atom stereocenters. The third kappa shape index (κ3) is 1.52. The molecule has 0 radical (unpaired) electrons. The fourth-order valence-corrected chi connectivity index (χ4v) is 1.42. The molecule has 0 bridgehead atoms. The molecule has 0 spiro atoms. The van der Waals surface area contributed by atoms with Crippen molar-refractivity contribution in [2.75, 3.05) is 14.2 Å². The number of nitrogens with zero attached hydrogens (tertiary/aromatic N) is 1. The molecule has 2 aromatic rings. The van der Waals surface area contributed by atoms with Crippen LogP contribution in [-0.4, -0.2) is 30.4 Å². The van der Waals surface area contributed by atoms with Gasteiger partial charge in [-0.1, -0.05) is 0 Å². The maximum atomic E-state index is 11.3. The van der Waals surface area contributed by atoms with E-state index in [1.54, 1.807) is 25.4 Å². The minimum Gasteiger partial charge on any atom is -0.496 e. The molecule has 1 heterocycles. The number of nitrogens with one attached hydrogen (secondary N) is 1. The topological polar surface area (TPSA) is 64.2 Å². The fourth-order valence-electron chi connectivity index (χ4n) is 1.42. The Hall–Kier alpha value is -2.04. The Morgan fingerprint density at radius 3 is 2.87 bits per heavy atom. The van der Waals surface area contributed by atoms with Gasteiger partial charge in [0.1, 0.15) is 5.75 Å². The van der Waals surface area contributed by atoms with E-state index in [-0.39, 0.29) is 0 Å². The van der Waals surface area contributed by atoms with E-state index in [0.717, 1.165) is 10.9 Å². The highest BCUT2D eigenvalue weighted by Crippen LogP contribution is 2.25. The SMILES string of the molecule is COC(=O)c1cc(OC)c2cn[nH]c2c1. The van der Waals surface area contributed by atoms with Crippen molar-refractivity contribution in [1.29, 1.82) is 0 Å². The van der Waals surface area contributed by atoms with Gasteiger partial charge in [0.15, 0.2) is 0 Å². The lowest BCUT2D eigenvalue weighted by Gasteiger charge is -2.04. The Morgan fingerprint density at radius 2 is 2.20 bits per heavy atom. The van der Waals surface area contributed by atoms with Crippen molar-refractivity contribution in [3.8, 4) is 5.75 Å². The number of rotatable bonds is 2. The van der Waals surface area contributed by atoms with Crippen molar-refractivity contribution in [2.45, 2.75) is 0 Å². The largest absolute Gasteiger partial charge is 0.496 e. The highest BCUT2D eigenvalue weighted by molar-refractivity contribution is 5.96. The molecule has 2 rings (SSSR count). The number of methoxy groups -OCH3 is 2. The molecule has 5 nitrogen and oxygen atoms in total. The molecule has 1 N–H and O–H groups in total. The lowest BCUT2D eigenvalue weighted by Crippen LogP contribution is -2.01. The summed E-state index contributed by atoms with van der Waals surface area (Å²) in [5, 5.41) is 7.49. The Balaban J connectivity index is 2.63. The van der Waals surface area contributed by atoms with Gasteiger partial charge >= 0.3 is 5.97 Å². The third-order valence-corrected chi connectivity index (χ3v) is 2.16. The van der Waals surface area contributed by atoms with E-state index in [2.05, 4.69) is 14.9 Å². The number of carbonyl (C=O) groups excluding carboxylic acids is 1. The summed E-state index contributed by atoms with van der Waals surface area (Å²) in [6.07, 6.45) is 1.65. The van der Waals surface area contributed by atoms with Gasteiger partial charge in [-0.3, -0.25) is 5.10 Å². The molecule has 0 aliphatic heterocycles. The molecule has 5 heteroatoms. The molecule has 1 aromatic heterocycles. The smallest absolute Gasteiger partial charge is 0.338 e. The summed E-state index contributed by atoms with van der Waals surface area (Å²) in [4.78, 5) is 11.3. The highest BCUT2D eigenvalue weighted by atomic mass is 16.5. The molecule has 0 fully saturated rings. The van der Waals surface area contributed by atoms with Crippen LogP contribution in [0.1, 0.15) is 10.4 Å². The summed E-state index contributed by atoms with van der Waals surface area (Å²) >= 11 is 0. The van der Waals surface area contributed by atoms with E-state index in [9.17, 15) is 4.79 Å². The Kier molecular flexibility index (Phi) is 2.29. The van der Waals surface area contributed by atoms with Crippen LogP contribution in [0, 0.1) is 0 Å². The first-order valence-electron chi connectivity index (χ1n) is 4.35. The molecular weight excluding hydrogens is 196 g/mol. The molecular formula is C10H10N2O3. The Labute approximate surface area is 86.0 Å². The summed E-state index contributed by atoms with van der Waals surface area (Å²) in [5.41, 5.74) is 1.18. The summed E-state index contributed by atoms with van der Waals surface area (Å²) in [6.45, 7) is 0. The zero-order chi connectivity index (χ0) is 10.8. The first kappa shape index (κ1) is 9.51. The van der Waals surface area contributed by atoms with Gasteiger partial charge in [0, 0.05) is 0 Å². The molecule has 0 atom stereocenters. The molecule has 78 valence electrons. The van der Waals surface area contributed by atoms with Gasteiger partial charge < -0.3 is 9.47 Å². The quantitative estimate of drug-likeness (QED) is 0.753. The van der Waals surface area contributed by atoms with Gasteiger partial charge in [-0.2, -0.15) is 5.10 Å². The average Bonchev–Trinajstić information content (AvgIpc) is 2.74. The molecule has 0 amide bonds. The first-order chi connectivity index (χ1) is 7.26. The molecule has 15 heavy (non-hydrogen) atoms. The van der Waals surface area contributed by atoms with Gasteiger partial charge in [0.05, 0.1) is 36.9 Å². The van der Waals surface area contributed by atoms with Crippen molar-refractivity contribution in [1.82, 2.24) is 10.2 Å². The standard InChI is InChI=1S/C10H10N2O3/c1-14-9-4-6(10(13)15-2)3-8-7(9)5-11-12-8/h3-5H,1-2H3,(H,11,12). The Morgan fingerprint density at radius 1 is 1.40 bits per heavy atom. The summed E-state index contributed by atoms with van der Waals surface area (Å²) in [6, 6.07) is 3.31. The van der Waals surface area contributed by atoms with Crippen LogP contribution in [0.25, 0.3) is 10.9 Å². The van der Waals surface area contributed by atoms with Crippen molar-refractivity contribution >= 4 is 16.9 Å². The number of aromatic nitrogens is 2. The van der Waals surface area contributed by atoms with Crippen LogP contribution in [0.2, 0.25) is 0 Å².